The molecule has 0 radical (unpaired) electrons. The van der Waals surface area contributed by atoms with E-state index < -0.39 is 0 Å². The van der Waals surface area contributed by atoms with E-state index >= 15 is 0 Å². The van der Waals surface area contributed by atoms with E-state index in [9.17, 15) is 0 Å². The summed E-state index contributed by atoms with van der Waals surface area (Å²) in [7, 11) is 3.80. The highest BCUT2D eigenvalue weighted by Gasteiger charge is 2.12. The van der Waals surface area contributed by atoms with E-state index in [0.29, 0.717) is 5.82 Å². The zero-order valence-corrected chi connectivity index (χ0v) is 12.9. The van der Waals surface area contributed by atoms with Crippen LogP contribution in [-0.4, -0.2) is 24.5 Å². The largest absolute Gasteiger partial charge is 0.383 e. The summed E-state index contributed by atoms with van der Waals surface area (Å²) in [5.41, 5.74) is 10.2. The van der Waals surface area contributed by atoms with Gasteiger partial charge >= 0.3 is 0 Å². The van der Waals surface area contributed by atoms with E-state index in [4.69, 9.17) is 5.73 Å². The Labute approximate surface area is 133 Å². The molecule has 4 aromatic rings. The molecule has 0 aliphatic heterocycles. The molecule has 2 N–H and O–H groups in total. The standard InChI is InChI=1S/C17H16N6/c1-22-9-13(7-20-22)11-3-4-12-6-19-17(18)16(15(12)5-11)14-8-21-23(2)10-14/h3-10H,1-2H3,(H2,18,19). The second kappa shape index (κ2) is 4.95. The number of fused-ring (bicyclic) bond motifs is 1. The summed E-state index contributed by atoms with van der Waals surface area (Å²) in [5.74, 6) is 0.508. The highest BCUT2D eigenvalue weighted by molar-refractivity contribution is 6.02. The Kier molecular flexibility index (Phi) is 2.90. The minimum atomic E-state index is 0.508. The number of hydrogen-bond acceptors (Lipinski definition) is 4. The van der Waals surface area contributed by atoms with Gasteiger partial charge in [-0.2, -0.15) is 10.2 Å². The van der Waals surface area contributed by atoms with Crippen LogP contribution in [0.3, 0.4) is 0 Å². The third-order valence-electron chi connectivity index (χ3n) is 3.95. The van der Waals surface area contributed by atoms with Gasteiger partial charge in [-0.3, -0.25) is 9.36 Å². The van der Waals surface area contributed by atoms with Crippen molar-refractivity contribution in [3.05, 3.63) is 49.2 Å². The van der Waals surface area contributed by atoms with Crippen LogP contribution in [0.1, 0.15) is 0 Å². The zero-order valence-electron chi connectivity index (χ0n) is 12.9. The fourth-order valence-electron chi connectivity index (χ4n) is 2.83. The van der Waals surface area contributed by atoms with Crippen LogP contribution in [0.2, 0.25) is 0 Å². The van der Waals surface area contributed by atoms with Crippen LogP contribution < -0.4 is 5.73 Å². The Morgan fingerprint density at radius 1 is 0.870 bits per heavy atom. The SMILES string of the molecule is Cn1cc(-c2ccc3cnc(N)c(-c4cnn(C)c4)c3c2)cn1. The lowest BCUT2D eigenvalue weighted by Crippen LogP contribution is -1.95. The second-order valence-electron chi connectivity index (χ2n) is 5.63. The quantitative estimate of drug-likeness (QED) is 0.618. The summed E-state index contributed by atoms with van der Waals surface area (Å²) in [4.78, 5) is 4.32. The number of aromatic nitrogens is 5. The molecule has 23 heavy (non-hydrogen) atoms. The molecule has 0 unspecified atom stereocenters. The molecule has 6 nitrogen and oxygen atoms in total. The van der Waals surface area contributed by atoms with Gasteiger partial charge in [0.05, 0.1) is 12.4 Å². The second-order valence-corrected chi connectivity index (χ2v) is 5.63. The van der Waals surface area contributed by atoms with Crippen LogP contribution in [0.5, 0.6) is 0 Å². The van der Waals surface area contributed by atoms with Crippen LogP contribution in [0.4, 0.5) is 5.82 Å². The van der Waals surface area contributed by atoms with Gasteiger partial charge in [0, 0.05) is 54.8 Å². The first-order valence-electron chi connectivity index (χ1n) is 7.28. The number of nitrogens with two attached hydrogens (primary N) is 1. The van der Waals surface area contributed by atoms with Crippen molar-refractivity contribution in [3.63, 3.8) is 0 Å². The fourth-order valence-corrected chi connectivity index (χ4v) is 2.83. The predicted molar refractivity (Wildman–Crippen MR) is 90.6 cm³/mol. The molecule has 0 aliphatic carbocycles. The van der Waals surface area contributed by atoms with Crippen LogP contribution >= 0.6 is 0 Å². The third kappa shape index (κ3) is 2.24. The number of nitrogen functional groups attached to an aromatic ring is 1. The van der Waals surface area contributed by atoms with Gasteiger partial charge in [-0.25, -0.2) is 4.98 Å². The fraction of sp³-hybridized carbons (Fsp3) is 0.118. The van der Waals surface area contributed by atoms with E-state index in [0.717, 1.165) is 33.0 Å². The summed E-state index contributed by atoms with van der Waals surface area (Å²) in [6, 6.07) is 6.26. The van der Waals surface area contributed by atoms with Gasteiger partial charge in [0.1, 0.15) is 5.82 Å². The van der Waals surface area contributed by atoms with Crippen LogP contribution in [-0.2, 0) is 14.1 Å². The first kappa shape index (κ1) is 13.5. The molecule has 0 aliphatic rings. The number of hydrogen-bond donors (Lipinski definition) is 1. The monoisotopic (exact) mass is 304 g/mol. The van der Waals surface area contributed by atoms with Crippen molar-refractivity contribution in [2.45, 2.75) is 0 Å². The molecule has 114 valence electrons. The molecule has 4 rings (SSSR count). The third-order valence-corrected chi connectivity index (χ3v) is 3.95. The molecule has 3 aromatic heterocycles. The number of benzene rings is 1. The number of aryl methyl sites for hydroxylation is 2. The Hall–Kier alpha value is -3.15. The number of rotatable bonds is 2. The van der Waals surface area contributed by atoms with E-state index in [1.54, 1.807) is 15.6 Å². The van der Waals surface area contributed by atoms with Crippen molar-refractivity contribution in [3.8, 4) is 22.3 Å². The molecule has 0 spiro atoms. The van der Waals surface area contributed by atoms with Crippen LogP contribution in [0.25, 0.3) is 33.0 Å². The summed E-state index contributed by atoms with van der Waals surface area (Å²) in [6.07, 6.45) is 9.41. The zero-order chi connectivity index (χ0) is 16.0. The normalized spacial score (nSPS) is 11.2. The van der Waals surface area contributed by atoms with Gasteiger partial charge in [-0.15, -0.1) is 0 Å². The first-order valence-corrected chi connectivity index (χ1v) is 7.28. The van der Waals surface area contributed by atoms with Crippen molar-refractivity contribution in [1.29, 1.82) is 0 Å². The average molecular weight is 304 g/mol. The molecule has 0 saturated heterocycles. The van der Waals surface area contributed by atoms with E-state index in [1.165, 1.54) is 0 Å². The lowest BCUT2D eigenvalue weighted by molar-refractivity contribution is 0.768. The van der Waals surface area contributed by atoms with Gasteiger partial charge < -0.3 is 5.73 Å². The Morgan fingerprint density at radius 3 is 2.22 bits per heavy atom. The predicted octanol–water partition coefficient (Wildman–Crippen LogP) is 2.62. The molecule has 0 atom stereocenters. The molecule has 0 saturated carbocycles. The minimum absolute atomic E-state index is 0.508. The average Bonchev–Trinajstić information content (AvgIpc) is 3.15. The van der Waals surface area contributed by atoms with Crippen molar-refractivity contribution in [1.82, 2.24) is 24.5 Å². The Bertz CT molecular complexity index is 1010. The molecule has 6 heteroatoms. The van der Waals surface area contributed by atoms with E-state index in [2.05, 4.69) is 33.4 Å². The lowest BCUT2D eigenvalue weighted by atomic mass is 9.98. The highest BCUT2D eigenvalue weighted by atomic mass is 15.2. The number of pyridine rings is 1. The molecule has 0 bridgehead atoms. The van der Waals surface area contributed by atoms with Crippen LogP contribution in [0.15, 0.2) is 49.2 Å². The Morgan fingerprint density at radius 2 is 1.57 bits per heavy atom. The van der Waals surface area contributed by atoms with Gasteiger partial charge in [0.25, 0.3) is 0 Å². The lowest BCUT2D eigenvalue weighted by Gasteiger charge is -2.09. The summed E-state index contributed by atoms with van der Waals surface area (Å²) < 4.78 is 3.56. The van der Waals surface area contributed by atoms with Gasteiger partial charge in [-0.05, 0) is 17.0 Å². The molecule has 0 fully saturated rings. The molecular weight excluding hydrogens is 288 g/mol. The molecule has 3 heterocycles. The minimum Gasteiger partial charge on any atom is -0.383 e. The van der Waals surface area contributed by atoms with Gasteiger partial charge in [0.2, 0.25) is 0 Å². The van der Waals surface area contributed by atoms with Crippen molar-refractivity contribution >= 4 is 16.6 Å². The molecule has 0 amide bonds. The van der Waals surface area contributed by atoms with Crippen molar-refractivity contribution < 1.29 is 0 Å². The molecular formula is C17H16N6. The smallest absolute Gasteiger partial charge is 0.131 e. The summed E-state index contributed by atoms with van der Waals surface area (Å²) in [5, 5.41) is 10.6. The first-order chi connectivity index (χ1) is 11.1. The maximum Gasteiger partial charge on any atom is 0.131 e. The van der Waals surface area contributed by atoms with E-state index in [-0.39, 0.29) is 0 Å². The summed E-state index contributed by atoms with van der Waals surface area (Å²) in [6.45, 7) is 0. The topological polar surface area (TPSA) is 74.6 Å². The van der Waals surface area contributed by atoms with E-state index in [1.807, 2.05) is 38.9 Å². The number of anilines is 1. The van der Waals surface area contributed by atoms with Gasteiger partial charge in [-0.1, -0.05) is 12.1 Å². The Balaban J connectivity index is 1.99. The molecule has 1 aromatic carbocycles. The van der Waals surface area contributed by atoms with Crippen molar-refractivity contribution in [2.24, 2.45) is 14.1 Å². The maximum absolute atomic E-state index is 6.16. The van der Waals surface area contributed by atoms with Crippen LogP contribution in [0, 0.1) is 0 Å². The summed E-state index contributed by atoms with van der Waals surface area (Å²) >= 11 is 0. The number of nitrogens with zero attached hydrogens (tertiary/aromatic N) is 5. The highest BCUT2D eigenvalue weighted by Crippen LogP contribution is 2.34. The van der Waals surface area contributed by atoms with Gasteiger partial charge in [0.15, 0.2) is 0 Å². The van der Waals surface area contributed by atoms with Crippen molar-refractivity contribution in [2.75, 3.05) is 5.73 Å². The maximum atomic E-state index is 6.16.